The van der Waals surface area contributed by atoms with Crippen LogP contribution < -0.4 is 4.72 Å². The number of benzene rings is 2. The maximum absolute atomic E-state index is 13.0. The second-order valence-corrected chi connectivity index (χ2v) is 9.20. The fraction of sp³-hybridized carbons (Fsp3) is 0.143. The molecule has 0 aliphatic heterocycles. The lowest BCUT2D eigenvalue weighted by Gasteiger charge is -2.13. The summed E-state index contributed by atoms with van der Waals surface area (Å²) in [5, 5.41) is -0.255. The molecule has 0 spiro atoms. The minimum atomic E-state index is -4.03. The number of nitrogens with one attached hydrogen (secondary N) is 1. The average Bonchev–Trinajstić information content (AvgIpc) is 2.46. The molecule has 0 fully saturated rings. The van der Waals surface area contributed by atoms with Gasteiger partial charge in [0.25, 0.3) is 10.0 Å². The van der Waals surface area contributed by atoms with Gasteiger partial charge in [0.1, 0.15) is 10.7 Å². The van der Waals surface area contributed by atoms with Crippen molar-refractivity contribution in [1.82, 2.24) is 4.31 Å². The Kier molecular flexibility index (Phi) is 5.19. The van der Waals surface area contributed by atoms with E-state index in [4.69, 9.17) is 11.6 Å². The number of halogens is 2. The fourth-order valence-corrected chi connectivity index (χ4v) is 4.30. The van der Waals surface area contributed by atoms with Gasteiger partial charge in [-0.05, 0) is 42.5 Å². The SMILES string of the molecule is CN(C)S(=O)(=O)c1ccc(NS(=O)(=O)c2ccc(F)cc2Cl)cc1. The molecule has 0 bridgehead atoms. The van der Waals surface area contributed by atoms with Crippen molar-refractivity contribution in [2.45, 2.75) is 9.79 Å². The fourth-order valence-electron chi connectivity index (χ4n) is 1.81. The highest BCUT2D eigenvalue weighted by Crippen LogP contribution is 2.25. The summed E-state index contributed by atoms with van der Waals surface area (Å²) < 4.78 is 64.8. The summed E-state index contributed by atoms with van der Waals surface area (Å²) in [6.07, 6.45) is 0. The predicted molar refractivity (Wildman–Crippen MR) is 89.5 cm³/mol. The lowest BCUT2D eigenvalue weighted by atomic mass is 10.3. The van der Waals surface area contributed by atoms with Crippen LogP contribution >= 0.6 is 11.6 Å². The highest BCUT2D eigenvalue weighted by Gasteiger charge is 2.20. The van der Waals surface area contributed by atoms with Crippen molar-refractivity contribution in [3.8, 4) is 0 Å². The molecule has 6 nitrogen and oxygen atoms in total. The van der Waals surface area contributed by atoms with Crippen molar-refractivity contribution in [2.24, 2.45) is 0 Å². The minimum Gasteiger partial charge on any atom is -0.280 e. The maximum atomic E-state index is 13.0. The van der Waals surface area contributed by atoms with Gasteiger partial charge >= 0.3 is 0 Å². The molecule has 0 aromatic heterocycles. The van der Waals surface area contributed by atoms with Crippen LogP contribution in [0.25, 0.3) is 0 Å². The average molecular weight is 393 g/mol. The molecule has 24 heavy (non-hydrogen) atoms. The van der Waals surface area contributed by atoms with Crippen LogP contribution in [0, 0.1) is 5.82 Å². The number of rotatable bonds is 5. The van der Waals surface area contributed by atoms with Crippen LogP contribution in [0.2, 0.25) is 5.02 Å². The number of anilines is 1. The molecule has 1 N–H and O–H groups in total. The molecule has 0 unspecified atom stereocenters. The molecule has 0 heterocycles. The number of sulfonamides is 2. The molecule has 130 valence electrons. The van der Waals surface area contributed by atoms with E-state index in [0.29, 0.717) is 0 Å². The summed E-state index contributed by atoms with van der Waals surface area (Å²) in [5.41, 5.74) is 0.146. The monoisotopic (exact) mass is 392 g/mol. The number of hydrogen-bond donors (Lipinski definition) is 1. The molecule has 0 saturated heterocycles. The molecule has 0 amide bonds. The lowest BCUT2D eigenvalue weighted by Crippen LogP contribution is -2.22. The summed E-state index contributed by atoms with van der Waals surface area (Å²) in [4.78, 5) is -0.259. The lowest BCUT2D eigenvalue weighted by molar-refractivity contribution is 0.521. The first-order valence-electron chi connectivity index (χ1n) is 6.54. The molecular formula is C14H14ClFN2O4S2. The summed E-state index contributed by atoms with van der Waals surface area (Å²) >= 11 is 5.76. The molecule has 10 heteroatoms. The van der Waals surface area contributed by atoms with Crippen molar-refractivity contribution in [2.75, 3.05) is 18.8 Å². The van der Waals surface area contributed by atoms with Crippen LogP contribution in [0.4, 0.5) is 10.1 Å². The largest absolute Gasteiger partial charge is 0.280 e. The number of nitrogens with zero attached hydrogens (tertiary/aromatic N) is 1. The van der Waals surface area contributed by atoms with E-state index in [2.05, 4.69) is 4.72 Å². The molecule has 0 atom stereocenters. The quantitative estimate of drug-likeness (QED) is 0.847. The van der Waals surface area contributed by atoms with E-state index in [0.717, 1.165) is 22.5 Å². The van der Waals surface area contributed by atoms with Gasteiger partial charge in [0.2, 0.25) is 10.0 Å². The normalized spacial score (nSPS) is 12.4. The van der Waals surface area contributed by atoms with Crippen molar-refractivity contribution in [1.29, 1.82) is 0 Å². The van der Waals surface area contributed by atoms with Gasteiger partial charge < -0.3 is 0 Å². The van der Waals surface area contributed by atoms with E-state index in [1.54, 1.807) is 0 Å². The summed E-state index contributed by atoms with van der Waals surface area (Å²) in [5.74, 6) is -0.655. The van der Waals surface area contributed by atoms with E-state index in [9.17, 15) is 21.2 Å². The Morgan fingerprint density at radius 2 is 1.58 bits per heavy atom. The Balaban J connectivity index is 2.31. The Morgan fingerprint density at radius 3 is 2.08 bits per heavy atom. The smallest absolute Gasteiger partial charge is 0.263 e. The molecule has 2 aromatic carbocycles. The van der Waals surface area contributed by atoms with Gasteiger partial charge in [0, 0.05) is 19.8 Å². The molecule has 0 radical (unpaired) electrons. The second-order valence-electron chi connectivity index (χ2n) is 4.99. The van der Waals surface area contributed by atoms with Crippen LogP contribution in [0.5, 0.6) is 0 Å². The highest BCUT2D eigenvalue weighted by molar-refractivity contribution is 7.92. The van der Waals surface area contributed by atoms with Crippen LogP contribution in [0.3, 0.4) is 0 Å². The Labute approximate surface area is 145 Å². The minimum absolute atomic E-state index is 0.0234. The first-order valence-corrected chi connectivity index (χ1v) is 9.84. The third-order valence-corrected chi connectivity index (χ3v) is 6.76. The van der Waals surface area contributed by atoms with Crippen molar-refractivity contribution < 1.29 is 21.2 Å². The van der Waals surface area contributed by atoms with Crippen LogP contribution in [-0.4, -0.2) is 35.2 Å². The van der Waals surface area contributed by atoms with E-state index in [1.165, 1.54) is 38.4 Å². The first-order chi connectivity index (χ1) is 11.0. The third-order valence-electron chi connectivity index (χ3n) is 3.07. The third kappa shape index (κ3) is 3.86. The summed E-state index contributed by atoms with van der Waals surface area (Å²) in [6.45, 7) is 0. The van der Waals surface area contributed by atoms with Crippen molar-refractivity contribution in [3.63, 3.8) is 0 Å². The standard InChI is InChI=1S/C14H14ClFN2O4S2/c1-18(2)24(21,22)12-6-4-11(5-7-12)17-23(19,20)14-8-3-10(16)9-13(14)15/h3-9,17H,1-2H3. The van der Waals surface area contributed by atoms with Crippen LogP contribution in [-0.2, 0) is 20.0 Å². The van der Waals surface area contributed by atoms with Gasteiger partial charge in [-0.2, -0.15) is 0 Å². The summed E-state index contributed by atoms with van der Waals surface area (Å²) in [7, 11) is -4.86. The zero-order valence-corrected chi connectivity index (χ0v) is 15.1. The Bertz CT molecular complexity index is 959. The van der Waals surface area contributed by atoms with E-state index < -0.39 is 25.9 Å². The summed E-state index contributed by atoms with van der Waals surface area (Å²) in [6, 6.07) is 8.09. The first kappa shape index (κ1) is 18.7. The zero-order valence-electron chi connectivity index (χ0n) is 12.7. The second kappa shape index (κ2) is 6.67. The molecule has 2 rings (SSSR count). The molecular weight excluding hydrogens is 379 g/mol. The Hall–Kier alpha value is -1.68. The molecule has 2 aromatic rings. The number of hydrogen-bond acceptors (Lipinski definition) is 4. The van der Waals surface area contributed by atoms with E-state index in [-0.39, 0.29) is 20.5 Å². The van der Waals surface area contributed by atoms with Gasteiger partial charge in [-0.3, -0.25) is 4.72 Å². The van der Waals surface area contributed by atoms with Crippen LogP contribution in [0.15, 0.2) is 52.3 Å². The highest BCUT2D eigenvalue weighted by atomic mass is 35.5. The maximum Gasteiger partial charge on any atom is 0.263 e. The van der Waals surface area contributed by atoms with Crippen LogP contribution in [0.1, 0.15) is 0 Å². The van der Waals surface area contributed by atoms with E-state index >= 15 is 0 Å². The van der Waals surface area contributed by atoms with Gasteiger partial charge in [-0.1, -0.05) is 11.6 Å². The topological polar surface area (TPSA) is 83.6 Å². The van der Waals surface area contributed by atoms with Gasteiger partial charge in [0.15, 0.2) is 0 Å². The van der Waals surface area contributed by atoms with Crippen molar-refractivity contribution in [3.05, 3.63) is 53.3 Å². The molecule has 0 saturated carbocycles. The predicted octanol–water partition coefficient (Wildman–Crippen LogP) is 2.53. The van der Waals surface area contributed by atoms with Gasteiger partial charge in [-0.25, -0.2) is 25.5 Å². The molecule has 0 aliphatic carbocycles. The molecule has 0 aliphatic rings. The Morgan fingerprint density at radius 1 is 1.00 bits per heavy atom. The van der Waals surface area contributed by atoms with Crippen molar-refractivity contribution >= 4 is 37.3 Å². The zero-order chi connectivity index (χ0) is 18.1. The van der Waals surface area contributed by atoms with Gasteiger partial charge in [-0.15, -0.1) is 0 Å². The van der Waals surface area contributed by atoms with Gasteiger partial charge in [0.05, 0.1) is 9.92 Å². The van der Waals surface area contributed by atoms with E-state index in [1.807, 2.05) is 0 Å².